The van der Waals surface area contributed by atoms with Crippen molar-refractivity contribution >= 4 is 22.6 Å². The topological polar surface area (TPSA) is 12.0 Å². The van der Waals surface area contributed by atoms with Gasteiger partial charge in [-0.2, -0.15) is 0 Å². The Balaban J connectivity index is 2.26. The molecular formula is C14H22IN. The van der Waals surface area contributed by atoms with Crippen LogP contribution in [0.2, 0.25) is 0 Å². The third-order valence-corrected chi connectivity index (χ3v) is 3.43. The van der Waals surface area contributed by atoms with E-state index >= 15 is 0 Å². The molecule has 90 valence electrons. The molecule has 0 aromatic heterocycles. The SMILES string of the molecule is CC(CCc1ccc(I)cc1)CNC(C)C. The van der Waals surface area contributed by atoms with Gasteiger partial charge >= 0.3 is 0 Å². The fourth-order valence-corrected chi connectivity index (χ4v) is 1.96. The van der Waals surface area contributed by atoms with Crippen molar-refractivity contribution < 1.29 is 0 Å². The molecule has 2 heteroatoms. The first-order valence-corrected chi connectivity index (χ1v) is 7.13. The van der Waals surface area contributed by atoms with E-state index in [0.717, 1.165) is 12.5 Å². The zero-order valence-electron chi connectivity index (χ0n) is 10.5. The van der Waals surface area contributed by atoms with Crippen LogP contribution in [0.5, 0.6) is 0 Å². The van der Waals surface area contributed by atoms with E-state index < -0.39 is 0 Å². The third-order valence-electron chi connectivity index (χ3n) is 2.71. The number of hydrogen-bond acceptors (Lipinski definition) is 1. The van der Waals surface area contributed by atoms with E-state index in [-0.39, 0.29) is 0 Å². The first kappa shape index (κ1) is 14.0. The molecule has 0 saturated heterocycles. The quantitative estimate of drug-likeness (QED) is 0.781. The van der Waals surface area contributed by atoms with Crippen molar-refractivity contribution in [3.05, 3.63) is 33.4 Å². The minimum Gasteiger partial charge on any atom is -0.314 e. The largest absolute Gasteiger partial charge is 0.314 e. The van der Waals surface area contributed by atoms with Gasteiger partial charge in [0.15, 0.2) is 0 Å². The van der Waals surface area contributed by atoms with Gasteiger partial charge in [0.1, 0.15) is 0 Å². The highest BCUT2D eigenvalue weighted by Gasteiger charge is 2.03. The lowest BCUT2D eigenvalue weighted by atomic mass is 10.0. The molecule has 0 aliphatic carbocycles. The summed E-state index contributed by atoms with van der Waals surface area (Å²) in [6.07, 6.45) is 2.46. The van der Waals surface area contributed by atoms with E-state index in [0.29, 0.717) is 6.04 Å². The van der Waals surface area contributed by atoms with Gasteiger partial charge in [-0.1, -0.05) is 32.9 Å². The maximum Gasteiger partial charge on any atom is 0.0130 e. The molecular weight excluding hydrogens is 309 g/mol. The minimum atomic E-state index is 0.598. The second kappa shape index (κ2) is 7.28. The number of hydrogen-bond donors (Lipinski definition) is 1. The van der Waals surface area contributed by atoms with Crippen LogP contribution in [-0.4, -0.2) is 12.6 Å². The Kier molecular flexibility index (Phi) is 6.36. The molecule has 1 aromatic rings. The van der Waals surface area contributed by atoms with Crippen LogP contribution in [0.4, 0.5) is 0 Å². The summed E-state index contributed by atoms with van der Waals surface area (Å²) in [5.74, 6) is 0.752. The van der Waals surface area contributed by atoms with Crippen LogP contribution in [0.1, 0.15) is 32.8 Å². The first-order valence-electron chi connectivity index (χ1n) is 6.05. The summed E-state index contributed by atoms with van der Waals surface area (Å²) in [7, 11) is 0. The standard InChI is InChI=1S/C14H22IN/c1-11(2)16-10-12(3)4-5-13-6-8-14(15)9-7-13/h6-9,11-12,16H,4-5,10H2,1-3H3. The summed E-state index contributed by atoms with van der Waals surface area (Å²) >= 11 is 2.35. The Morgan fingerprint density at radius 2 is 1.75 bits per heavy atom. The van der Waals surface area contributed by atoms with Crippen LogP contribution in [0.3, 0.4) is 0 Å². The lowest BCUT2D eigenvalue weighted by Gasteiger charge is -2.14. The number of aryl methyl sites for hydroxylation is 1. The molecule has 16 heavy (non-hydrogen) atoms. The summed E-state index contributed by atoms with van der Waals surface area (Å²) < 4.78 is 1.32. The highest BCUT2D eigenvalue weighted by Crippen LogP contribution is 2.11. The van der Waals surface area contributed by atoms with Crippen molar-refractivity contribution in [3.8, 4) is 0 Å². The molecule has 1 nitrogen and oxygen atoms in total. The number of rotatable bonds is 6. The van der Waals surface area contributed by atoms with E-state index in [9.17, 15) is 0 Å². The zero-order valence-corrected chi connectivity index (χ0v) is 12.6. The Bertz CT molecular complexity index is 292. The van der Waals surface area contributed by atoms with Crippen LogP contribution >= 0.6 is 22.6 Å². The van der Waals surface area contributed by atoms with Crippen molar-refractivity contribution in [1.29, 1.82) is 0 Å². The van der Waals surface area contributed by atoms with Crippen molar-refractivity contribution in [3.63, 3.8) is 0 Å². The molecule has 0 amide bonds. The molecule has 0 aliphatic heterocycles. The highest BCUT2D eigenvalue weighted by atomic mass is 127. The van der Waals surface area contributed by atoms with Crippen LogP contribution in [0, 0.1) is 9.49 Å². The number of halogens is 1. The molecule has 0 saturated carbocycles. The summed E-state index contributed by atoms with van der Waals surface area (Å²) in [5, 5.41) is 3.49. The minimum absolute atomic E-state index is 0.598. The average Bonchev–Trinajstić information content (AvgIpc) is 2.25. The fraction of sp³-hybridized carbons (Fsp3) is 0.571. The second-order valence-electron chi connectivity index (χ2n) is 4.83. The molecule has 0 radical (unpaired) electrons. The molecule has 0 heterocycles. The highest BCUT2D eigenvalue weighted by molar-refractivity contribution is 14.1. The van der Waals surface area contributed by atoms with Crippen LogP contribution in [0.25, 0.3) is 0 Å². The lowest BCUT2D eigenvalue weighted by molar-refractivity contribution is 0.454. The molecule has 0 fully saturated rings. The summed E-state index contributed by atoms with van der Waals surface area (Å²) in [6, 6.07) is 9.45. The van der Waals surface area contributed by atoms with E-state index in [4.69, 9.17) is 0 Å². The Morgan fingerprint density at radius 1 is 1.12 bits per heavy atom. The van der Waals surface area contributed by atoms with Gasteiger partial charge in [-0.25, -0.2) is 0 Å². The van der Waals surface area contributed by atoms with Crippen molar-refractivity contribution in [2.24, 2.45) is 5.92 Å². The van der Waals surface area contributed by atoms with Gasteiger partial charge in [0, 0.05) is 9.61 Å². The van der Waals surface area contributed by atoms with E-state index in [1.54, 1.807) is 0 Å². The summed E-state index contributed by atoms with van der Waals surface area (Å²) in [5.41, 5.74) is 1.46. The van der Waals surface area contributed by atoms with E-state index in [1.807, 2.05) is 0 Å². The van der Waals surface area contributed by atoms with Crippen molar-refractivity contribution in [2.75, 3.05) is 6.54 Å². The molecule has 1 unspecified atom stereocenters. The molecule has 1 aromatic carbocycles. The third kappa shape index (κ3) is 5.85. The number of nitrogens with one attached hydrogen (secondary N) is 1. The average molecular weight is 331 g/mol. The van der Waals surface area contributed by atoms with Gasteiger partial charge in [-0.3, -0.25) is 0 Å². The smallest absolute Gasteiger partial charge is 0.0130 e. The summed E-state index contributed by atoms with van der Waals surface area (Å²) in [4.78, 5) is 0. The molecule has 1 atom stereocenters. The number of benzene rings is 1. The van der Waals surface area contributed by atoms with Crippen molar-refractivity contribution in [2.45, 2.75) is 39.7 Å². The van der Waals surface area contributed by atoms with Gasteiger partial charge in [0.05, 0.1) is 0 Å². The first-order chi connectivity index (χ1) is 7.58. The predicted molar refractivity (Wildman–Crippen MR) is 79.8 cm³/mol. The monoisotopic (exact) mass is 331 g/mol. The van der Waals surface area contributed by atoms with Gasteiger partial charge in [-0.05, 0) is 65.6 Å². The predicted octanol–water partition coefficient (Wildman–Crippen LogP) is 3.86. The van der Waals surface area contributed by atoms with Crippen LogP contribution in [0.15, 0.2) is 24.3 Å². The molecule has 0 spiro atoms. The van der Waals surface area contributed by atoms with E-state index in [1.165, 1.54) is 22.0 Å². The van der Waals surface area contributed by atoms with Crippen molar-refractivity contribution in [1.82, 2.24) is 5.32 Å². The van der Waals surface area contributed by atoms with Gasteiger partial charge in [0.2, 0.25) is 0 Å². The zero-order chi connectivity index (χ0) is 12.0. The Morgan fingerprint density at radius 3 is 2.31 bits per heavy atom. The van der Waals surface area contributed by atoms with Crippen LogP contribution < -0.4 is 5.32 Å². The molecule has 0 aliphatic rings. The lowest BCUT2D eigenvalue weighted by Crippen LogP contribution is -2.28. The molecule has 1 rings (SSSR count). The normalized spacial score (nSPS) is 13.1. The molecule has 1 N–H and O–H groups in total. The Hall–Kier alpha value is -0.0900. The second-order valence-corrected chi connectivity index (χ2v) is 6.08. The van der Waals surface area contributed by atoms with Gasteiger partial charge in [0.25, 0.3) is 0 Å². The maximum absolute atomic E-state index is 3.49. The summed E-state index contributed by atoms with van der Waals surface area (Å²) in [6.45, 7) is 7.85. The van der Waals surface area contributed by atoms with Gasteiger partial charge in [-0.15, -0.1) is 0 Å². The fourth-order valence-electron chi connectivity index (χ4n) is 1.60. The van der Waals surface area contributed by atoms with E-state index in [2.05, 4.69) is 72.9 Å². The maximum atomic E-state index is 3.49. The van der Waals surface area contributed by atoms with Crippen LogP contribution in [-0.2, 0) is 6.42 Å². The Labute approximate surface area is 113 Å². The molecule has 0 bridgehead atoms. The van der Waals surface area contributed by atoms with Gasteiger partial charge < -0.3 is 5.32 Å².